The summed E-state index contributed by atoms with van der Waals surface area (Å²) in [4.78, 5) is 11.7. The van der Waals surface area contributed by atoms with E-state index in [2.05, 4.69) is 0 Å². The first-order valence-electron chi connectivity index (χ1n) is 6.88. The fraction of sp³-hybridized carbons (Fsp3) is 0.923. The van der Waals surface area contributed by atoms with E-state index in [1.165, 1.54) is 0 Å². The molecule has 1 saturated heterocycles. The zero-order valence-corrected chi connectivity index (χ0v) is 12.7. The Labute approximate surface area is 119 Å². The van der Waals surface area contributed by atoms with Crippen LogP contribution < -0.4 is 0 Å². The van der Waals surface area contributed by atoms with E-state index in [1.807, 2.05) is 0 Å². The van der Waals surface area contributed by atoms with Crippen LogP contribution in [0.4, 0.5) is 0 Å². The zero-order valence-electron chi connectivity index (χ0n) is 11.9. The molecule has 116 valence electrons. The molecule has 2 aliphatic rings. The first kappa shape index (κ1) is 15.9. The van der Waals surface area contributed by atoms with E-state index in [4.69, 9.17) is 9.47 Å². The van der Waals surface area contributed by atoms with Gasteiger partial charge >= 0.3 is 0 Å². The standard InChI is InChI=1S/C13H22O6S/c1-13(2)18-6-10(19-13)7-20(16,17)8-11-9(5-14)3-4-12(11)15/h9-11,14H,3-8H2,1-2H3. The van der Waals surface area contributed by atoms with E-state index in [9.17, 15) is 18.3 Å². The first-order chi connectivity index (χ1) is 9.22. The average molecular weight is 306 g/mol. The van der Waals surface area contributed by atoms with Gasteiger partial charge in [0.2, 0.25) is 0 Å². The third-order valence-electron chi connectivity index (χ3n) is 3.92. The number of rotatable bonds is 5. The van der Waals surface area contributed by atoms with Gasteiger partial charge in [-0.1, -0.05) is 0 Å². The maximum atomic E-state index is 12.2. The van der Waals surface area contributed by atoms with Gasteiger partial charge in [-0.25, -0.2) is 8.42 Å². The fourth-order valence-corrected chi connectivity index (χ4v) is 4.77. The summed E-state index contributed by atoms with van der Waals surface area (Å²) >= 11 is 0. The Morgan fingerprint density at radius 2 is 2.05 bits per heavy atom. The van der Waals surface area contributed by atoms with Crippen molar-refractivity contribution in [1.29, 1.82) is 0 Å². The van der Waals surface area contributed by atoms with Crippen molar-refractivity contribution in [3.8, 4) is 0 Å². The third-order valence-corrected chi connectivity index (χ3v) is 5.67. The molecule has 1 aliphatic heterocycles. The molecule has 0 radical (unpaired) electrons. The Bertz CT molecular complexity index is 469. The van der Waals surface area contributed by atoms with E-state index in [-0.39, 0.29) is 36.4 Å². The molecule has 7 heteroatoms. The number of hydrogen-bond donors (Lipinski definition) is 1. The second-order valence-electron chi connectivity index (χ2n) is 6.08. The van der Waals surface area contributed by atoms with Gasteiger partial charge in [-0.15, -0.1) is 0 Å². The van der Waals surface area contributed by atoms with E-state index in [0.717, 1.165) is 0 Å². The highest BCUT2D eigenvalue weighted by atomic mass is 32.2. The third kappa shape index (κ3) is 3.78. The Morgan fingerprint density at radius 3 is 2.60 bits per heavy atom. The molecule has 3 atom stereocenters. The second-order valence-corrected chi connectivity index (χ2v) is 8.24. The number of sulfone groups is 1. The van der Waals surface area contributed by atoms with Crippen LogP contribution in [0.25, 0.3) is 0 Å². The van der Waals surface area contributed by atoms with Crippen LogP contribution in [0.1, 0.15) is 26.7 Å². The molecule has 2 fully saturated rings. The van der Waals surface area contributed by atoms with Crippen LogP contribution in [0.3, 0.4) is 0 Å². The minimum atomic E-state index is -3.41. The van der Waals surface area contributed by atoms with E-state index in [1.54, 1.807) is 13.8 Å². The summed E-state index contributed by atoms with van der Waals surface area (Å²) in [5, 5.41) is 9.21. The number of Topliss-reactive ketones (excluding diaryl/α,β-unsaturated/α-hetero) is 1. The Balaban J connectivity index is 1.96. The van der Waals surface area contributed by atoms with Crippen LogP contribution in [-0.4, -0.2) is 55.9 Å². The monoisotopic (exact) mass is 306 g/mol. The Hall–Kier alpha value is -0.500. The predicted molar refractivity (Wildman–Crippen MR) is 71.9 cm³/mol. The molecule has 0 spiro atoms. The minimum Gasteiger partial charge on any atom is -0.396 e. The quantitative estimate of drug-likeness (QED) is 0.777. The van der Waals surface area contributed by atoms with Gasteiger partial charge in [0.15, 0.2) is 15.6 Å². The average Bonchev–Trinajstić information content (AvgIpc) is 2.82. The summed E-state index contributed by atoms with van der Waals surface area (Å²) in [7, 11) is -3.41. The SMILES string of the molecule is CC1(C)OCC(CS(=O)(=O)CC2C(=O)CCC2CO)O1. The van der Waals surface area contributed by atoms with Crippen LogP contribution in [0.15, 0.2) is 0 Å². The van der Waals surface area contributed by atoms with Gasteiger partial charge in [0.25, 0.3) is 0 Å². The molecule has 0 aromatic rings. The van der Waals surface area contributed by atoms with E-state index >= 15 is 0 Å². The van der Waals surface area contributed by atoms with Crippen LogP contribution in [0.2, 0.25) is 0 Å². The summed E-state index contributed by atoms with van der Waals surface area (Å²) in [6.45, 7) is 3.58. The summed E-state index contributed by atoms with van der Waals surface area (Å²) in [5.74, 6) is -1.95. The molecule has 3 unspecified atom stereocenters. The lowest BCUT2D eigenvalue weighted by atomic mass is 9.99. The highest BCUT2D eigenvalue weighted by Crippen LogP contribution is 2.30. The molecule has 1 saturated carbocycles. The van der Waals surface area contributed by atoms with Crippen molar-refractivity contribution in [3.05, 3.63) is 0 Å². The number of carbonyl (C=O) groups excluding carboxylic acids is 1. The van der Waals surface area contributed by atoms with Crippen LogP contribution in [-0.2, 0) is 24.1 Å². The van der Waals surface area contributed by atoms with Crippen molar-refractivity contribution in [1.82, 2.24) is 0 Å². The van der Waals surface area contributed by atoms with Crippen LogP contribution >= 0.6 is 0 Å². The highest BCUT2D eigenvalue weighted by Gasteiger charge is 2.40. The molecule has 1 aliphatic carbocycles. The summed E-state index contributed by atoms with van der Waals surface area (Å²) in [5.41, 5.74) is 0. The lowest BCUT2D eigenvalue weighted by Crippen LogP contribution is -2.33. The van der Waals surface area contributed by atoms with Crippen LogP contribution in [0.5, 0.6) is 0 Å². The van der Waals surface area contributed by atoms with Crippen molar-refractivity contribution in [2.75, 3.05) is 24.7 Å². The van der Waals surface area contributed by atoms with Crippen molar-refractivity contribution >= 4 is 15.6 Å². The maximum absolute atomic E-state index is 12.2. The van der Waals surface area contributed by atoms with Crippen molar-refractivity contribution in [2.24, 2.45) is 11.8 Å². The summed E-state index contributed by atoms with van der Waals surface area (Å²) < 4.78 is 35.2. The number of hydrogen-bond acceptors (Lipinski definition) is 6. The van der Waals surface area contributed by atoms with Gasteiger partial charge in [-0.2, -0.15) is 0 Å². The lowest BCUT2D eigenvalue weighted by molar-refractivity contribution is -0.135. The molecular weight excluding hydrogens is 284 g/mol. The van der Waals surface area contributed by atoms with Gasteiger partial charge in [-0.3, -0.25) is 4.79 Å². The lowest BCUT2D eigenvalue weighted by Gasteiger charge is -2.19. The molecule has 20 heavy (non-hydrogen) atoms. The molecule has 6 nitrogen and oxygen atoms in total. The van der Waals surface area contributed by atoms with Gasteiger partial charge in [-0.05, 0) is 26.2 Å². The molecule has 1 heterocycles. The van der Waals surface area contributed by atoms with Crippen molar-refractivity contribution in [2.45, 2.75) is 38.6 Å². The Kier molecular flexibility index (Phi) is 4.53. The van der Waals surface area contributed by atoms with Crippen LogP contribution in [0, 0.1) is 11.8 Å². The minimum absolute atomic E-state index is 0.0588. The topological polar surface area (TPSA) is 89.9 Å². The molecule has 0 bridgehead atoms. The summed E-state index contributed by atoms with van der Waals surface area (Å²) in [6, 6.07) is 0. The van der Waals surface area contributed by atoms with Crippen molar-refractivity contribution < 1.29 is 27.8 Å². The fourth-order valence-electron chi connectivity index (χ4n) is 2.89. The predicted octanol–water partition coefficient (Wildman–Crippen LogP) is 0.140. The Morgan fingerprint density at radius 1 is 1.35 bits per heavy atom. The second kappa shape index (κ2) is 5.71. The van der Waals surface area contributed by atoms with Crippen molar-refractivity contribution in [3.63, 3.8) is 0 Å². The van der Waals surface area contributed by atoms with E-state index < -0.39 is 27.6 Å². The molecular formula is C13H22O6S. The molecule has 0 aromatic heterocycles. The van der Waals surface area contributed by atoms with E-state index in [0.29, 0.717) is 12.8 Å². The van der Waals surface area contributed by atoms with Gasteiger partial charge < -0.3 is 14.6 Å². The molecule has 1 N–H and O–H groups in total. The number of carbonyl (C=O) groups is 1. The highest BCUT2D eigenvalue weighted by molar-refractivity contribution is 7.91. The zero-order chi connectivity index (χ0) is 15.0. The molecule has 0 aromatic carbocycles. The largest absolute Gasteiger partial charge is 0.396 e. The normalized spacial score (nSPS) is 33.8. The summed E-state index contributed by atoms with van der Waals surface area (Å²) in [6.07, 6.45) is 0.451. The van der Waals surface area contributed by atoms with Gasteiger partial charge in [0, 0.05) is 18.9 Å². The number of aliphatic hydroxyl groups is 1. The molecule has 0 amide bonds. The maximum Gasteiger partial charge on any atom is 0.163 e. The number of ether oxygens (including phenoxy) is 2. The number of aliphatic hydroxyl groups excluding tert-OH is 1. The van der Waals surface area contributed by atoms with Gasteiger partial charge in [0.05, 0.1) is 24.2 Å². The van der Waals surface area contributed by atoms with Gasteiger partial charge in [0.1, 0.15) is 5.78 Å². The first-order valence-corrected chi connectivity index (χ1v) is 8.70. The number of ketones is 1. The molecule has 2 rings (SSSR count). The smallest absolute Gasteiger partial charge is 0.163 e.